The third-order valence-electron chi connectivity index (χ3n) is 5.66. The fourth-order valence-electron chi connectivity index (χ4n) is 3.68. The number of hydrogen-bond acceptors (Lipinski definition) is 8. The van der Waals surface area contributed by atoms with Gasteiger partial charge in [-0.15, -0.1) is 0 Å². The van der Waals surface area contributed by atoms with Crippen molar-refractivity contribution < 1.29 is 23.1 Å². The van der Waals surface area contributed by atoms with Crippen molar-refractivity contribution in [3.05, 3.63) is 72.7 Å². The predicted molar refractivity (Wildman–Crippen MR) is 133 cm³/mol. The van der Waals surface area contributed by atoms with Crippen LogP contribution in [-0.2, 0) is 24.7 Å². The summed E-state index contributed by atoms with van der Waals surface area (Å²) < 4.78 is 52.7. The van der Waals surface area contributed by atoms with E-state index in [-0.39, 0.29) is 17.0 Å². The summed E-state index contributed by atoms with van der Waals surface area (Å²) in [7, 11) is -7.50. The lowest BCUT2D eigenvalue weighted by Gasteiger charge is -2.36. The number of carbonyl (C=O) groups is 1. The van der Waals surface area contributed by atoms with E-state index in [1.165, 1.54) is 42.9 Å². The first-order chi connectivity index (χ1) is 16.6. The molecular formula is C23H27N5O5S2. The number of nitrogens with one attached hydrogen (secondary N) is 1. The molecule has 0 unspecified atom stereocenters. The Kier molecular flexibility index (Phi) is 7.03. The standard InChI is InChI=1S/C23H25N5O5S2.H2/c1-18-2-6-20(7-3-18)34(30,31)16-23(29)28-14-12-27(13-15-28)19-4-8-21(9-5-19)35(32,33)26-22-10-11-24-17-25-22;/h2-11,17H,12-16H2,1H3,(H,24,25,26);1H. The first-order valence-electron chi connectivity index (χ1n) is 10.9. The summed E-state index contributed by atoms with van der Waals surface area (Å²) in [5.74, 6) is -0.821. The molecule has 1 fully saturated rings. The van der Waals surface area contributed by atoms with Crippen LogP contribution < -0.4 is 9.62 Å². The monoisotopic (exact) mass is 517 g/mol. The number of rotatable bonds is 7. The maximum atomic E-state index is 12.6. The van der Waals surface area contributed by atoms with Crippen molar-refractivity contribution in [1.29, 1.82) is 0 Å². The molecule has 1 aliphatic rings. The third kappa shape index (κ3) is 5.95. The van der Waals surface area contributed by atoms with Gasteiger partial charge in [-0.1, -0.05) is 17.7 Å². The molecule has 186 valence electrons. The minimum Gasteiger partial charge on any atom is -0.368 e. The Hall–Kier alpha value is -3.51. The second-order valence-electron chi connectivity index (χ2n) is 8.13. The Morgan fingerprint density at radius 2 is 1.54 bits per heavy atom. The third-order valence-corrected chi connectivity index (χ3v) is 8.65. The van der Waals surface area contributed by atoms with Gasteiger partial charge >= 0.3 is 0 Å². The molecule has 1 aliphatic heterocycles. The fourth-order valence-corrected chi connectivity index (χ4v) is 5.91. The molecule has 10 nitrogen and oxygen atoms in total. The highest BCUT2D eigenvalue weighted by Crippen LogP contribution is 2.21. The Labute approximate surface area is 206 Å². The SMILES string of the molecule is Cc1ccc(S(=O)(=O)CC(=O)N2CCN(c3ccc(S(=O)(=O)Nc4ccncn4)cc3)CC2)cc1.[HH]. The summed E-state index contributed by atoms with van der Waals surface area (Å²) in [5.41, 5.74) is 1.75. The fraction of sp³-hybridized carbons (Fsp3) is 0.261. The van der Waals surface area contributed by atoms with Crippen molar-refractivity contribution in [2.75, 3.05) is 41.6 Å². The predicted octanol–water partition coefficient (Wildman–Crippen LogP) is 1.95. The van der Waals surface area contributed by atoms with Crippen molar-refractivity contribution in [2.45, 2.75) is 16.7 Å². The van der Waals surface area contributed by atoms with Crippen molar-refractivity contribution in [3.8, 4) is 0 Å². The van der Waals surface area contributed by atoms with E-state index in [2.05, 4.69) is 14.7 Å². The van der Waals surface area contributed by atoms with Crippen LogP contribution in [0.25, 0.3) is 0 Å². The number of nitrogens with zero attached hydrogens (tertiary/aromatic N) is 4. The zero-order chi connectivity index (χ0) is 25.1. The lowest BCUT2D eigenvalue weighted by atomic mass is 10.2. The summed E-state index contributed by atoms with van der Waals surface area (Å²) in [6.07, 6.45) is 2.69. The van der Waals surface area contributed by atoms with Gasteiger partial charge in [0.25, 0.3) is 10.0 Å². The summed E-state index contributed by atoms with van der Waals surface area (Å²) >= 11 is 0. The average molecular weight is 518 g/mol. The number of anilines is 2. The number of piperazine rings is 1. The first-order valence-corrected chi connectivity index (χ1v) is 14.0. The normalized spacial score (nSPS) is 14.5. The number of carbonyl (C=O) groups excluding carboxylic acids is 1. The van der Waals surface area contributed by atoms with Crippen LogP contribution in [0.15, 0.2) is 76.9 Å². The average Bonchev–Trinajstić information content (AvgIpc) is 2.84. The molecule has 1 aromatic heterocycles. The van der Waals surface area contributed by atoms with E-state index < -0.39 is 31.5 Å². The lowest BCUT2D eigenvalue weighted by Crippen LogP contribution is -2.50. The molecule has 0 bridgehead atoms. The number of aryl methyl sites for hydroxylation is 1. The zero-order valence-corrected chi connectivity index (χ0v) is 20.7. The van der Waals surface area contributed by atoms with Gasteiger partial charge in [-0.2, -0.15) is 0 Å². The topological polar surface area (TPSA) is 130 Å². The summed E-state index contributed by atoms with van der Waals surface area (Å²) in [6.45, 7) is 3.61. The molecule has 0 atom stereocenters. The maximum Gasteiger partial charge on any atom is 0.263 e. The van der Waals surface area contributed by atoms with Crippen LogP contribution in [0.5, 0.6) is 0 Å². The Balaban J connectivity index is 0.00000361. The van der Waals surface area contributed by atoms with Gasteiger partial charge < -0.3 is 9.80 Å². The second-order valence-corrected chi connectivity index (χ2v) is 11.8. The van der Waals surface area contributed by atoms with Gasteiger partial charge in [0, 0.05) is 39.5 Å². The van der Waals surface area contributed by atoms with E-state index in [9.17, 15) is 21.6 Å². The Morgan fingerprint density at radius 1 is 0.914 bits per heavy atom. The van der Waals surface area contributed by atoms with Crippen LogP contribution in [0.4, 0.5) is 11.5 Å². The van der Waals surface area contributed by atoms with Crippen LogP contribution in [0.1, 0.15) is 6.99 Å². The van der Waals surface area contributed by atoms with E-state index in [1.807, 2.05) is 11.8 Å². The van der Waals surface area contributed by atoms with Gasteiger partial charge in [-0.05, 0) is 49.4 Å². The van der Waals surface area contributed by atoms with Gasteiger partial charge in [-0.3, -0.25) is 9.52 Å². The highest BCUT2D eigenvalue weighted by atomic mass is 32.2. The van der Waals surface area contributed by atoms with Gasteiger partial charge in [-0.25, -0.2) is 26.8 Å². The van der Waals surface area contributed by atoms with Crippen molar-refractivity contribution in [2.24, 2.45) is 0 Å². The number of hydrogen-bond donors (Lipinski definition) is 1. The molecule has 0 radical (unpaired) electrons. The number of aromatic nitrogens is 2. The molecule has 12 heteroatoms. The molecule has 2 aromatic carbocycles. The number of sulfone groups is 1. The zero-order valence-electron chi connectivity index (χ0n) is 19.0. The lowest BCUT2D eigenvalue weighted by molar-refractivity contribution is -0.128. The number of amides is 1. The highest BCUT2D eigenvalue weighted by Gasteiger charge is 2.27. The van der Waals surface area contributed by atoms with Crippen molar-refractivity contribution in [3.63, 3.8) is 0 Å². The summed E-state index contributed by atoms with van der Waals surface area (Å²) in [4.78, 5) is 24.1. The van der Waals surface area contributed by atoms with E-state index in [1.54, 1.807) is 29.2 Å². The van der Waals surface area contributed by atoms with Crippen LogP contribution >= 0.6 is 0 Å². The molecule has 1 saturated heterocycles. The molecule has 0 spiro atoms. The van der Waals surface area contributed by atoms with Gasteiger partial charge in [0.2, 0.25) is 5.91 Å². The highest BCUT2D eigenvalue weighted by molar-refractivity contribution is 7.92. The number of sulfonamides is 1. The van der Waals surface area contributed by atoms with Gasteiger partial charge in [0.1, 0.15) is 17.9 Å². The van der Waals surface area contributed by atoms with E-state index in [4.69, 9.17) is 0 Å². The Bertz CT molecular complexity index is 1390. The molecule has 35 heavy (non-hydrogen) atoms. The molecule has 1 amide bonds. The molecule has 3 aromatic rings. The molecule has 1 N–H and O–H groups in total. The molecular weight excluding hydrogens is 490 g/mol. The maximum absolute atomic E-state index is 12.6. The first kappa shape index (κ1) is 24.6. The van der Waals surface area contributed by atoms with Crippen LogP contribution in [0.2, 0.25) is 0 Å². The molecule has 2 heterocycles. The van der Waals surface area contributed by atoms with Crippen LogP contribution in [-0.4, -0.2) is 69.5 Å². The van der Waals surface area contributed by atoms with E-state index in [0.29, 0.717) is 26.2 Å². The largest absolute Gasteiger partial charge is 0.368 e. The molecule has 0 saturated carbocycles. The van der Waals surface area contributed by atoms with E-state index in [0.717, 1.165) is 11.3 Å². The number of benzene rings is 2. The quantitative estimate of drug-likeness (QED) is 0.503. The summed E-state index contributed by atoms with van der Waals surface area (Å²) in [5, 5.41) is 0. The van der Waals surface area contributed by atoms with Crippen LogP contribution in [0, 0.1) is 6.92 Å². The second kappa shape index (κ2) is 10.0. The van der Waals surface area contributed by atoms with Crippen molar-refractivity contribution >= 4 is 37.3 Å². The Morgan fingerprint density at radius 3 is 2.14 bits per heavy atom. The van der Waals surface area contributed by atoms with Gasteiger partial charge in [0.05, 0.1) is 9.79 Å². The minimum absolute atomic E-state index is 0. The van der Waals surface area contributed by atoms with E-state index >= 15 is 0 Å². The smallest absolute Gasteiger partial charge is 0.263 e. The van der Waals surface area contributed by atoms with Gasteiger partial charge in [0.15, 0.2) is 9.84 Å². The molecule has 0 aliphatic carbocycles. The van der Waals surface area contributed by atoms with Crippen molar-refractivity contribution in [1.82, 2.24) is 14.9 Å². The minimum atomic E-state index is -3.79. The summed E-state index contributed by atoms with van der Waals surface area (Å²) in [6, 6.07) is 14.3. The van der Waals surface area contributed by atoms with Crippen LogP contribution in [0.3, 0.4) is 0 Å². The molecule has 4 rings (SSSR count).